The van der Waals surface area contributed by atoms with E-state index in [2.05, 4.69) is 5.32 Å². The summed E-state index contributed by atoms with van der Waals surface area (Å²) in [6.45, 7) is 3.66. The first-order valence-electron chi connectivity index (χ1n) is 5.90. The van der Waals surface area contributed by atoms with E-state index in [-0.39, 0.29) is 29.3 Å². The predicted molar refractivity (Wildman–Crippen MR) is 69.8 cm³/mol. The summed E-state index contributed by atoms with van der Waals surface area (Å²) in [7, 11) is 0. The van der Waals surface area contributed by atoms with Crippen LogP contribution in [-0.4, -0.2) is 23.9 Å². The third kappa shape index (κ3) is 3.23. The Morgan fingerprint density at radius 1 is 1.44 bits per heavy atom. The van der Waals surface area contributed by atoms with E-state index >= 15 is 0 Å². The molecule has 2 atom stereocenters. The number of halogens is 1. The molecule has 18 heavy (non-hydrogen) atoms. The number of hydrogen-bond donors (Lipinski definition) is 1. The molecular weight excluding hydrogens is 253 g/mol. The van der Waals surface area contributed by atoms with Crippen molar-refractivity contribution in [1.29, 1.82) is 0 Å². The van der Waals surface area contributed by atoms with E-state index < -0.39 is 0 Å². The van der Waals surface area contributed by atoms with Crippen molar-refractivity contribution < 1.29 is 13.9 Å². The highest BCUT2D eigenvalue weighted by Crippen LogP contribution is 2.33. The molecule has 98 valence electrons. The number of benzene rings is 1. The van der Waals surface area contributed by atoms with E-state index in [1.54, 1.807) is 23.9 Å². The van der Waals surface area contributed by atoms with Crippen LogP contribution in [0.2, 0.25) is 0 Å². The van der Waals surface area contributed by atoms with Gasteiger partial charge in [0.1, 0.15) is 11.9 Å². The number of thioether (sulfide) groups is 1. The number of carbonyl (C=O) groups is 1. The fourth-order valence-corrected chi connectivity index (χ4v) is 2.98. The van der Waals surface area contributed by atoms with Crippen LogP contribution in [0.5, 0.6) is 0 Å². The maximum atomic E-state index is 12.8. The van der Waals surface area contributed by atoms with E-state index in [1.807, 2.05) is 13.8 Å². The normalized spacial score (nSPS) is 23.3. The molecule has 1 fully saturated rings. The van der Waals surface area contributed by atoms with Crippen molar-refractivity contribution in [3.8, 4) is 0 Å². The van der Waals surface area contributed by atoms with Crippen LogP contribution in [0.25, 0.3) is 0 Å². The Hall–Kier alpha value is -1.07. The van der Waals surface area contributed by atoms with Gasteiger partial charge in [0.2, 0.25) is 0 Å². The number of nitrogens with one attached hydrogen (secondary N) is 1. The van der Waals surface area contributed by atoms with Crippen LogP contribution in [0, 0.1) is 5.82 Å². The summed E-state index contributed by atoms with van der Waals surface area (Å²) in [4.78, 5) is 11.7. The average molecular weight is 269 g/mol. The fourth-order valence-electron chi connectivity index (χ4n) is 1.75. The zero-order chi connectivity index (χ0) is 13.1. The van der Waals surface area contributed by atoms with Gasteiger partial charge < -0.3 is 4.74 Å². The first-order chi connectivity index (χ1) is 8.56. The largest absolute Gasteiger partial charge is 0.462 e. The smallest absolute Gasteiger partial charge is 0.324 e. The average Bonchev–Trinajstić information content (AvgIpc) is 2.78. The Balaban J connectivity index is 1.96. The van der Waals surface area contributed by atoms with Crippen LogP contribution in [0.4, 0.5) is 4.39 Å². The van der Waals surface area contributed by atoms with E-state index in [9.17, 15) is 9.18 Å². The highest BCUT2D eigenvalue weighted by Gasteiger charge is 2.31. The van der Waals surface area contributed by atoms with Crippen LogP contribution < -0.4 is 5.32 Å². The molecule has 1 aromatic carbocycles. The van der Waals surface area contributed by atoms with Crippen LogP contribution >= 0.6 is 11.8 Å². The van der Waals surface area contributed by atoms with Crippen molar-refractivity contribution >= 4 is 17.7 Å². The summed E-state index contributed by atoms with van der Waals surface area (Å²) < 4.78 is 18.0. The van der Waals surface area contributed by atoms with Gasteiger partial charge in [0.25, 0.3) is 0 Å². The Labute approximate surface area is 110 Å². The summed E-state index contributed by atoms with van der Waals surface area (Å²) in [6.07, 6.45) is -0.103. The van der Waals surface area contributed by atoms with Crippen molar-refractivity contribution in [2.45, 2.75) is 31.4 Å². The van der Waals surface area contributed by atoms with Gasteiger partial charge in [-0.25, -0.2) is 4.39 Å². The van der Waals surface area contributed by atoms with E-state index in [0.29, 0.717) is 5.75 Å². The molecule has 0 spiro atoms. The van der Waals surface area contributed by atoms with Gasteiger partial charge in [-0.15, -0.1) is 11.8 Å². The number of rotatable bonds is 3. The molecule has 2 rings (SSSR count). The van der Waals surface area contributed by atoms with Crippen LogP contribution in [0.15, 0.2) is 24.3 Å². The van der Waals surface area contributed by atoms with Crippen LogP contribution in [0.3, 0.4) is 0 Å². The predicted octanol–water partition coefficient (Wildman–Crippen LogP) is 2.48. The number of ether oxygens (including phenoxy) is 1. The first-order valence-corrected chi connectivity index (χ1v) is 6.95. The molecule has 3 nitrogen and oxygen atoms in total. The van der Waals surface area contributed by atoms with E-state index in [0.717, 1.165) is 5.56 Å². The molecule has 0 aliphatic carbocycles. The van der Waals surface area contributed by atoms with Crippen LogP contribution in [-0.2, 0) is 9.53 Å². The molecule has 0 bridgehead atoms. The molecule has 1 aliphatic heterocycles. The van der Waals surface area contributed by atoms with Gasteiger partial charge in [0.15, 0.2) is 0 Å². The molecular formula is C13H16FNO2S. The quantitative estimate of drug-likeness (QED) is 0.856. The molecule has 0 amide bonds. The minimum Gasteiger partial charge on any atom is -0.462 e. The molecule has 1 saturated heterocycles. The van der Waals surface area contributed by atoms with Gasteiger partial charge in [-0.3, -0.25) is 10.1 Å². The van der Waals surface area contributed by atoms with Crippen molar-refractivity contribution in [3.05, 3.63) is 35.6 Å². The van der Waals surface area contributed by atoms with Crippen molar-refractivity contribution in [2.75, 3.05) is 5.75 Å². The SMILES string of the molecule is CC(C)OC(=O)[C@@H]1CS[C@@H](c2ccc(F)cc2)N1. The van der Waals surface area contributed by atoms with Crippen molar-refractivity contribution in [3.63, 3.8) is 0 Å². The standard InChI is InChI=1S/C13H16FNO2S/c1-8(2)17-13(16)11-7-18-12(15-11)9-3-5-10(14)6-4-9/h3-6,8,11-12,15H,7H2,1-2H3/t11-,12-/m0/s1. The zero-order valence-corrected chi connectivity index (χ0v) is 11.2. The minimum absolute atomic E-state index is 0.0234. The number of esters is 1. The third-order valence-electron chi connectivity index (χ3n) is 2.59. The van der Waals surface area contributed by atoms with Gasteiger partial charge in [0.05, 0.1) is 11.5 Å². The van der Waals surface area contributed by atoms with Crippen molar-refractivity contribution in [1.82, 2.24) is 5.32 Å². The fraction of sp³-hybridized carbons (Fsp3) is 0.462. The molecule has 1 N–H and O–H groups in total. The summed E-state index contributed by atoms with van der Waals surface area (Å²) in [5.74, 6) is 0.202. The van der Waals surface area contributed by atoms with Gasteiger partial charge in [-0.1, -0.05) is 12.1 Å². The molecule has 0 radical (unpaired) electrons. The van der Waals surface area contributed by atoms with Crippen molar-refractivity contribution in [2.24, 2.45) is 0 Å². The Bertz CT molecular complexity index is 422. The second kappa shape index (κ2) is 5.71. The molecule has 1 aliphatic rings. The molecule has 5 heteroatoms. The van der Waals surface area contributed by atoms with Gasteiger partial charge >= 0.3 is 5.97 Å². The maximum absolute atomic E-state index is 12.8. The lowest BCUT2D eigenvalue weighted by atomic mass is 10.2. The molecule has 1 aromatic rings. The zero-order valence-electron chi connectivity index (χ0n) is 10.4. The molecule has 0 aromatic heterocycles. The monoisotopic (exact) mass is 269 g/mol. The molecule has 1 heterocycles. The van der Waals surface area contributed by atoms with Gasteiger partial charge in [-0.05, 0) is 31.5 Å². The van der Waals surface area contributed by atoms with Gasteiger partial charge in [0, 0.05) is 5.75 Å². The minimum atomic E-state index is -0.285. The second-order valence-corrected chi connectivity index (χ2v) is 5.61. The molecule has 0 unspecified atom stereocenters. The van der Waals surface area contributed by atoms with Crippen LogP contribution in [0.1, 0.15) is 24.8 Å². The Morgan fingerprint density at radius 3 is 2.72 bits per heavy atom. The van der Waals surface area contributed by atoms with E-state index in [4.69, 9.17) is 4.74 Å². The number of hydrogen-bond acceptors (Lipinski definition) is 4. The lowest BCUT2D eigenvalue weighted by molar-refractivity contribution is -0.149. The third-order valence-corrected chi connectivity index (χ3v) is 3.86. The van der Waals surface area contributed by atoms with E-state index in [1.165, 1.54) is 12.1 Å². The highest BCUT2D eigenvalue weighted by atomic mass is 32.2. The second-order valence-electron chi connectivity index (χ2n) is 4.47. The summed E-state index contributed by atoms with van der Waals surface area (Å²) in [5.41, 5.74) is 0.973. The number of carbonyl (C=O) groups excluding carboxylic acids is 1. The lowest BCUT2D eigenvalue weighted by Crippen LogP contribution is -2.36. The summed E-state index contributed by atoms with van der Waals surface area (Å²) >= 11 is 1.63. The molecule has 0 saturated carbocycles. The lowest BCUT2D eigenvalue weighted by Gasteiger charge is -2.14. The first kappa shape index (κ1) is 13.4. The maximum Gasteiger partial charge on any atom is 0.324 e. The Kier molecular flexibility index (Phi) is 4.24. The topological polar surface area (TPSA) is 38.3 Å². The summed E-state index contributed by atoms with van der Waals surface area (Å²) in [5, 5.41) is 3.22. The summed E-state index contributed by atoms with van der Waals surface area (Å²) in [6, 6.07) is 6.04. The Morgan fingerprint density at radius 2 is 2.11 bits per heavy atom. The van der Waals surface area contributed by atoms with Gasteiger partial charge in [-0.2, -0.15) is 0 Å². The highest BCUT2D eigenvalue weighted by molar-refractivity contribution is 7.99.